The fourth-order valence-electron chi connectivity index (χ4n) is 7.69. The van der Waals surface area contributed by atoms with Gasteiger partial charge in [-0.15, -0.1) is 11.3 Å². The van der Waals surface area contributed by atoms with Gasteiger partial charge in [-0.05, 0) is 112 Å². The second-order valence-electron chi connectivity index (χ2n) is 13.6. The highest BCUT2D eigenvalue weighted by atomic mass is 35.5. The molecule has 1 atom stereocenters. The van der Waals surface area contributed by atoms with E-state index in [2.05, 4.69) is 22.6 Å². The molecule has 1 aromatic carbocycles. The van der Waals surface area contributed by atoms with Crippen molar-refractivity contribution in [2.45, 2.75) is 70.4 Å². The first-order valence-electron chi connectivity index (χ1n) is 16.8. The summed E-state index contributed by atoms with van der Waals surface area (Å²) in [4.78, 5) is 48.4. The van der Waals surface area contributed by atoms with Gasteiger partial charge >= 0.3 is 12.1 Å². The highest BCUT2D eigenvalue weighted by molar-refractivity contribution is 7.08. The van der Waals surface area contributed by atoms with E-state index in [1.165, 1.54) is 18.4 Å². The minimum absolute atomic E-state index is 0.0416. The van der Waals surface area contributed by atoms with Crippen LogP contribution in [-0.2, 0) is 22.4 Å². The van der Waals surface area contributed by atoms with E-state index in [0.29, 0.717) is 62.2 Å². The summed E-state index contributed by atoms with van der Waals surface area (Å²) in [7, 11) is 2.19. The lowest BCUT2D eigenvalue weighted by atomic mass is 9.79. The van der Waals surface area contributed by atoms with Gasteiger partial charge in [0, 0.05) is 50.6 Å². The lowest BCUT2D eigenvalue weighted by molar-refractivity contribution is -0.142. The predicted octanol–water partition coefficient (Wildman–Crippen LogP) is 5.47. The molecular weight excluding hydrogens is 624 g/mol. The summed E-state index contributed by atoms with van der Waals surface area (Å²) in [6, 6.07) is 3.64. The lowest BCUT2D eigenvalue weighted by Crippen LogP contribution is -2.52. The Bertz CT molecular complexity index is 1390. The maximum absolute atomic E-state index is 14.0. The number of anilines is 2. The first kappa shape index (κ1) is 32.9. The van der Waals surface area contributed by atoms with Gasteiger partial charge in [0.1, 0.15) is 0 Å². The number of halogens is 1. The van der Waals surface area contributed by atoms with Crippen LogP contribution in [0, 0.1) is 18.8 Å². The Kier molecular flexibility index (Phi) is 10.3. The molecule has 12 heteroatoms. The molecule has 4 aliphatic heterocycles. The molecule has 0 aliphatic carbocycles. The molecule has 3 saturated heterocycles. The van der Waals surface area contributed by atoms with E-state index in [0.717, 1.165) is 55.1 Å². The van der Waals surface area contributed by atoms with Crippen molar-refractivity contribution in [2.75, 3.05) is 63.9 Å². The lowest BCUT2D eigenvalue weighted by Gasteiger charge is -2.40. The first-order chi connectivity index (χ1) is 22.2. The highest BCUT2D eigenvalue weighted by Gasteiger charge is 2.37. The summed E-state index contributed by atoms with van der Waals surface area (Å²) >= 11 is 8.00. The fraction of sp³-hybridized carbons (Fsp3) is 0.618. The molecule has 5 heterocycles. The van der Waals surface area contributed by atoms with Gasteiger partial charge in [0.25, 0.3) is 5.91 Å². The average Bonchev–Trinajstić information content (AvgIpc) is 3.43. The Morgan fingerprint density at radius 3 is 2.30 bits per heavy atom. The maximum atomic E-state index is 14.0. The second kappa shape index (κ2) is 14.4. The molecule has 4 aliphatic rings. The van der Waals surface area contributed by atoms with Gasteiger partial charge in [-0.2, -0.15) is 0 Å². The van der Waals surface area contributed by atoms with Crippen LogP contribution in [-0.4, -0.2) is 103 Å². The van der Waals surface area contributed by atoms with Crippen LogP contribution in [0.4, 0.5) is 21.0 Å². The molecule has 0 bridgehead atoms. The summed E-state index contributed by atoms with van der Waals surface area (Å²) < 4.78 is 6.05. The third-order valence-electron chi connectivity index (χ3n) is 10.6. The zero-order chi connectivity index (χ0) is 32.4. The number of hydrogen-bond acceptors (Lipinski definition) is 7. The van der Waals surface area contributed by atoms with E-state index in [1.807, 2.05) is 28.2 Å². The molecule has 10 nitrogen and oxygen atoms in total. The normalized spacial score (nSPS) is 21.5. The number of amides is 4. The third kappa shape index (κ3) is 7.42. The van der Waals surface area contributed by atoms with Crippen molar-refractivity contribution in [2.24, 2.45) is 11.8 Å². The van der Waals surface area contributed by atoms with Crippen molar-refractivity contribution in [1.82, 2.24) is 19.6 Å². The van der Waals surface area contributed by atoms with Crippen LogP contribution in [0.2, 0.25) is 5.02 Å². The number of thiophene rings is 1. The number of aryl methyl sites for hydroxylation is 1. The van der Waals surface area contributed by atoms with E-state index in [1.54, 1.807) is 22.3 Å². The number of fused-ring (bicyclic) bond motifs is 1. The molecule has 250 valence electrons. The summed E-state index contributed by atoms with van der Waals surface area (Å²) in [5, 5.41) is 7.54. The van der Waals surface area contributed by atoms with Crippen molar-refractivity contribution in [1.29, 1.82) is 0 Å². The summed E-state index contributed by atoms with van der Waals surface area (Å²) in [6.07, 6.45) is 5.33. The number of rotatable bonds is 6. The van der Waals surface area contributed by atoms with Crippen molar-refractivity contribution < 1.29 is 19.1 Å². The molecule has 0 unspecified atom stereocenters. The molecule has 46 heavy (non-hydrogen) atoms. The zero-order valence-corrected chi connectivity index (χ0v) is 28.6. The number of hydrogen-bond donors (Lipinski definition) is 2. The largest absolute Gasteiger partial charge is 0.436 e. The molecule has 6 rings (SSSR count). The van der Waals surface area contributed by atoms with Crippen LogP contribution in [0.1, 0.15) is 55.2 Å². The number of ether oxygens (including phenoxy) is 1. The molecule has 3 fully saturated rings. The van der Waals surface area contributed by atoms with Crippen LogP contribution in [0.3, 0.4) is 0 Å². The van der Waals surface area contributed by atoms with Crippen LogP contribution in [0.25, 0.3) is 0 Å². The molecule has 0 spiro atoms. The number of carbonyl (C=O) groups excluding carboxylic acids is 3. The number of piperidine rings is 3. The van der Waals surface area contributed by atoms with Crippen molar-refractivity contribution in [3.63, 3.8) is 0 Å². The van der Waals surface area contributed by atoms with Gasteiger partial charge < -0.3 is 35.4 Å². The molecule has 3 N–H and O–H groups in total. The van der Waals surface area contributed by atoms with E-state index in [-0.39, 0.29) is 24.4 Å². The number of nitrogens with one attached hydrogen (secondary N) is 1. The Morgan fingerprint density at radius 1 is 0.978 bits per heavy atom. The van der Waals surface area contributed by atoms with Crippen molar-refractivity contribution in [3.05, 3.63) is 44.6 Å². The predicted molar refractivity (Wildman–Crippen MR) is 182 cm³/mol. The Balaban J connectivity index is 1.08. The third-order valence-corrected chi connectivity index (χ3v) is 11.8. The van der Waals surface area contributed by atoms with E-state index in [4.69, 9.17) is 22.1 Å². The average molecular weight is 671 g/mol. The molecule has 0 saturated carbocycles. The Morgan fingerprint density at radius 2 is 1.63 bits per heavy atom. The highest BCUT2D eigenvalue weighted by Crippen LogP contribution is 2.33. The number of urea groups is 1. The quantitative estimate of drug-likeness (QED) is 0.394. The first-order valence-corrected chi connectivity index (χ1v) is 18.1. The number of benzene rings is 1. The molecule has 0 radical (unpaired) electrons. The zero-order valence-electron chi connectivity index (χ0n) is 27.0. The van der Waals surface area contributed by atoms with Crippen LogP contribution >= 0.6 is 22.9 Å². The number of nitrogens with zero attached hydrogens (tertiary/aromatic N) is 4. The van der Waals surface area contributed by atoms with Gasteiger partial charge in [-0.1, -0.05) is 17.7 Å². The van der Waals surface area contributed by atoms with E-state index >= 15 is 0 Å². The standard InChI is InChI=1S/C34H47ClN6O4S/c1-22-17-23(18-28(35)31(22)36)19-30(32(42)39-12-5-25(6-13-39)24-3-10-38(2)11-4-24)45-34(44)40-14-8-27(9-15-40)41-16-7-26-20-46-21-29(26)37-33(41)43/h17-18,20-21,24-25,27,30H,3-16,19,36H2,1-2H3,(H,37,43)/t30-/m1/s1. The van der Waals surface area contributed by atoms with Crippen molar-refractivity contribution in [3.8, 4) is 0 Å². The van der Waals surface area contributed by atoms with Crippen LogP contribution in [0.5, 0.6) is 0 Å². The van der Waals surface area contributed by atoms with E-state index in [9.17, 15) is 14.4 Å². The SMILES string of the molecule is Cc1cc(C[C@@H](OC(=O)N2CCC(N3CCc4cscc4NC3=O)CC2)C(=O)N2CCC(C3CCN(C)CC3)CC2)cc(Cl)c1N. The number of nitrogen functional groups attached to an aromatic ring is 1. The van der Waals surface area contributed by atoms with Crippen LogP contribution < -0.4 is 11.1 Å². The summed E-state index contributed by atoms with van der Waals surface area (Å²) in [6.45, 7) is 7.11. The maximum Gasteiger partial charge on any atom is 0.410 e. The van der Waals surface area contributed by atoms with Gasteiger partial charge in [0.15, 0.2) is 6.10 Å². The molecule has 4 amide bonds. The smallest absolute Gasteiger partial charge is 0.410 e. The minimum atomic E-state index is -0.959. The fourth-order valence-corrected chi connectivity index (χ4v) is 8.81. The summed E-state index contributed by atoms with van der Waals surface area (Å²) in [5.41, 5.74) is 10.3. The molecule has 1 aromatic heterocycles. The number of likely N-dealkylation sites (tertiary alicyclic amines) is 3. The van der Waals surface area contributed by atoms with Crippen LogP contribution in [0.15, 0.2) is 22.9 Å². The Labute approximate surface area is 281 Å². The van der Waals surface area contributed by atoms with Gasteiger partial charge in [-0.3, -0.25) is 4.79 Å². The minimum Gasteiger partial charge on any atom is -0.436 e. The number of carbonyl (C=O) groups is 3. The summed E-state index contributed by atoms with van der Waals surface area (Å²) in [5.74, 6) is 1.21. The topological polar surface area (TPSA) is 111 Å². The Hall–Kier alpha value is -3.02. The molecular formula is C34H47ClN6O4S. The monoisotopic (exact) mass is 670 g/mol. The number of nitrogens with two attached hydrogens (primary N) is 1. The van der Waals surface area contributed by atoms with Gasteiger partial charge in [0.05, 0.1) is 16.4 Å². The van der Waals surface area contributed by atoms with Gasteiger partial charge in [0.2, 0.25) is 0 Å². The molecule has 2 aromatic rings. The van der Waals surface area contributed by atoms with Crippen molar-refractivity contribution >= 4 is 52.3 Å². The second-order valence-corrected chi connectivity index (χ2v) is 14.7. The van der Waals surface area contributed by atoms with Gasteiger partial charge in [-0.25, -0.2) is 9.59 Å². The van der Waals surface area contributed by atoms with E-state index < -0.39 is 12.2 Å².